The average Bonchev–Trinajstić information content (AvgIpc) is 2.91. The number of nitrogens with one attached hydrogen (secondary N) is 1. The lowest BCUT2D eigenvalue weighted by atomic mass is 10.1. The van der Waals surface area contributed by atoms with Crippen LogP contribution in [0.15, 0.2) is 46.9 Å². The van der Waals surface area contributed by atoms with Crippen molar-refractivity contribution in [3.05, 3.63) is 58.1 Å². The highest BCUT2D eigenvalue weighted by Gasteiger charge is 2.36. The van der Waals surface area contributed by atoms with Gasteiger partial charge in [0.05, 0.1) is 11.6 Å². The van der Waals surface area contributed by atoms with Gasteiger partial charge in [-0.1, -0.05) is 30.3 Å². The van der Waals surface area contributed by atoms with Crippen molar-refractivity contribution in [2.24, 2.45) is 5.92 Å². The van der Waals surface area contributed by atoms with E-state index in [1.807, 2.05) is 56.3 Å². The quantitative estimate of drug-likeness (QED) is 0.864. The molecule has 0 bridgehead atoms. The van der Waals surface area contributed by atoms with Crippen molar-refractivity contribution in [1.82, 2.24) is 0 Å². The number of carbonyl (C=O) groups is 2. The van der Waals surface area contributed by atoms with Crippen molar-refractivity contribution < 1.29 is 9.59 Å². The Kier molecular flexibility index (Phi) is 4.71. The van der Waals surface area contributed by atoms with Crippen LogP contribution in [0.25, 0.3) is 0 Å². The summed E-state index contributed by atoms with van der Waals surface area (Å²) < 4.78 is 0.828. The van der Waals surface area contributed by atoms with Gasteiger partial charge in [0, 0.05) is 23.1 Å². The second kappa shape index (κ2) is 6.77. The van der Waals surface area contributed by atoms with E-state index in [1.54, 1.807) is 4.90 Å². The number of halogens is 1. The van der Waals surface area contributed by atoms with Gasteiger partial charge in [-0.3, -0.25) is 9.59 Å². The maximum atomic E-state index is 12.5. The minimum absolute atomic E-state index is 0.000299. The van der Waals surface area contributed by atoms with Crippen LogP contribution in [0.2, 0.25) is 0 Å². The fourth-order valence-electron chi connectivity index (χ4n) is 3.13. The first-order valence-electron chi connectivity index (χ1n) is 7.89. The average molecular weight is 387 g/mol. The number of para-hydroxylation sites is 2. The van der Waals surface area contributed by atoms with E-state index in [0.717, 1.165) is 27.0 Å². The molecule has 3 rings (SSSR count). The van der Waals surface area contributed by atoms with Crippen LogP contribution in [-0.4, -0.2) is 18.4 Å². The zero-order valence-corrected chi connectivity index (χ0v) is 15.3. The van der Waals surface area contributed by atoms with Gasteiger partial charge in [0.1, 0.15) is 0 Å². The minimum atomic E-state index is -0.344. The van der Waals surface area contributed by atoms with Crippen LogP contribution >= 0.6 is 15.9 Å². The van der Waals surface area contributed by atoms with E-state index in [0.29, 0.717) is 6.54 Å². The van der Waals surface area contributed by atoms with Gasteiger partial charge >= 0.3 is 0 Å². The summed E-state index contributed by atoms with van der Waals surface area (Å²) in [5.41, 5.74) is 3.75. The van der Waals surface area contributed by atoms with E-state index in [4.69, 9.17) is 0 Å². The molecule has 1 aliphatic rings. The van der Waals surface area contributed by atoms with Crippen molar-refractivity contribution >= 4 is 39.1 Å². The number of hydrogen-bond donors (Lipinski definition) is 1. The number of aryl methyl sites for hydroxylation is 2. The standard InChI is InChI=1S/C19H19BrN2O2/c1-12-6-5-7-13(2)18(12)22-11-14(10-17(22)23)19(24)21-16-9-4-3-8-15(16)20/h3-9,14H,10-11H2,1-2H3,(H,21,24). The Morgan fingerprint density at radius 3 is 2.46 bits per heavy atom. The lowest BCUT2D eigenvalue weighted by Gasteiger charge is -2.21. The van der Waals surface area contributed by atoms with Gasteiger partial charge < -0.3 is 10.2 Å². The highest BCUT2D eigenvalue weighted by Crippen LogP contribution is 2.31. The van der Waals surface area contributed by atoms with Gasteiger partial charge in [-0.05, 0) is 53.0 Å². The second-order valence-corrected chi connectivity index (χ2v) is 6.97. The lowest BCUT2D eigenvalue weighted by molar-refractivity contribution is -0.122. The summed E-state index contributed by atoms with van der Waals surface area (Å²) >= 11 is 3.42. The summed E-state index contributed by atoms with van der Waals surface area (Å²) in [5, 5.41) is 2.91. The summed E-state index contributed by atoms with van der Waals surface area (Å²) in [6.45, 7) is 4.40. The highest BCUT2D eigenvalue weighted by atomic mass is 79.9. The van der Waals surface area contributed by atoms with Crippen molar-refractivity contribution in [3.63, 3.8) is 0 Å². The molecule has 2 amide bonds. The van der Waals surface area contributed by atoms with Crippen molar-refractivity contribution in [2.75, 3.05) is 16.8 Å². The van der Waals surface area contributed by atoms with E-state index < -0.39 is 0 Å². The van der Waals surface area contributed by atoms with E-state index in [9.17, 15) is 9.59 Å². The molecule has 4 nitrogen and oxygen atoms in total. The molecule has 1 atom stereocenters. The molecule has 1 saturated heterocycles. The fraction of sp³-hybridized carbons (Fsp3) is 0.263. The highest BCUT2D eigenvalue weighted by molar-refractivity contribution is 9.10. The van der Waals surface area contributed by atoms with Gasteiger partial charge in [-0.15, -0.1) is 0 Å². The molecule has 2 aromatic carbocycles. The molecular weight excluding hydrogens is 368 g/mol. The Balaban J connectivity index is 1.77. The molecule has 2 aromatic rings. The molecule has 5 heteroatoms. The van der Waals surface area contributed by atoms with E-state index in [1.165, 1.54) is 0 Å². The van der Waals surface area contributed by atoms with Gasteiger partial charge in [0.2, 0.25) is 11.8 Å². The topological polar surface area (TPSA) is 49.4 Å². The first-order valence-corrected chi connectivity index (χ1v) is 8.68. The van der Waals surface area contributed by atoms with Crippen molar-refractivity contribution in [1.29, 1.82) is 0 Å². The van der Waals surface area contributed by atoms with Crippen LogP contribution in [0.5, 0.6) is 0 Å². The summed E-state index contributed by atoms with van der Waals surface area (Å²) in [5.74, 6) is -0.465. The predicted molar refractivity (Wildman–Crippen MR) is 99.1 cm³/mol. The normalized spacial score (nSPS) is 17.2. The summed E-state index contributed by atoms with van der Waals surface area (Å²) in [4.78, 5) is 26.7. The Morgan fingerprint density at radius 2 is 1.79 bits per heavy atom. The van der Waals surface area contributed by atoms with Crippen LogP contribution in [0.3, 0.4) is 0 Å². The molecule has 124 valence electrons. The molecule has 0 saturated carbocycles. The molecule has 0 aromatic heterocycles. The van der Waals surface area contributed by atoms with Crippen LogP contribution in [-0.2, 0) is 9.59 Å². The maximum Gasteiger partial charge on any atom is 0.229 e. The molecule has 1 aliphatic heterocycles. The SMILES string of the molecule is Cc1cccc(C)c1N1CC(C(=O)Nc2ccccc2Br)CC1=O. The third kappa shape index (κ3) is 3.22. The molecule has 1 fully saturated rings. The number of hydrogen-bond acceptors (Lipinski definition) is 2. The van der Waals surface area contributed by atoms with Crippen molar-refractivity contribution in [2.45, 2.75) is 20.3 Å². The first kappa shape index (κ1) is 16.7. The van der Waals surface area contributed by atoms with Crippen LogP contribution < -0.4 is 10.2 Å². The molecular formula is C19H19BrN2O2. The molecule has 1 heterocycles. The number of anilines is 2. The second-order valence-electron chi connectivity index (χ2n) is 6.11. The van der Waals surface area contributed by atoms with E-state index in [-0.39, 0.29) is 24.2 Å². The molecule has 0 radical (unpaired) electrons. The van der Waals surface area contributed by atoms with E-state index >= 15 is 0 Å². The molecule has 0 spiro atoms. The molecule has 1 N–H and O–H groups in total. The van der Waals surface area contributed by atoms with Crippen LogP contribution in [0.1, 0.15) is 17.5 Å². The molecule has 24 heavy (non-hydrogen) atoms. The third-order valence-corrected chi connectivity index (χ3v) is 5.03. The largest absolute Gasteiger partial charge is 0.325 e. The zero-order chi connectivity index (χ0) is 17.3. The Labute approximate surface area is 150 Å². The number of benzene rings is 2. The number of rotatable bonds is 3. The Morgan fingerprint density at radius 1 is 1.12 bits per heavy atom. The summed E-state index contributed by atoms with van der Waals surface area (Å²) in [6, 6.07) is 13.4. The predicted octanol–water partition coefficient (Wildman–Crippen LogP) is 4.06. The smallest absolute Gasteiger partial charge is 0.229 e. The van der Waals surface area contributed by atoms with Crippen molar-refractivity contribution in [3.8, 4) is 0 Å². The fourth-order valence-corrected chi connectivity index (χ4v) is 3.51. The third-order valence-electron chi connectivity index (χ3n) is 4.34. The molecule has 0 aliphatic carbocycles. The van der Waals surface area contributed by atoms with Crippen LogP contribution in [0, 0.1) is 19.8 Å². The number of nitrogens with zero attached hydrogens (tertiary/aromatic N) is 1. The maximum absolute atomic E-state index is 12.5. The molecule has 1 unspecified atom stereocenters. The number of carbonyl (C=O) groups excluding carboxylic acids is 2. The van der Waals surface area contributed by atoms with Crippen LogP contribution in [0.4, 0.5) is 11.4 Å². The summed E-state index contributed by atoms with van der Waals surface area (Å²) in [6.07, 6.45) is 0.240. The monoisotopic (exact) mass is 386 g/mol. The Bertz CT molecular complexity index is 783. The van der Waals surface area contributed by atoms with E-state index in [2.05, 4.69) is 21.2 Å². The van der Waals surface area contributed by atoms with Gasteiger partial charge in [-0.2, -0.15) is 0 Å². The van der Waals surface area contributed by atoms with Gasteiger partial charge in [-0.25, -0.2) is 0 Å². The number of amides is 2. The van der Waals surface area contributed by atoms with Gasteiger partial charge in [0.25, 0.3) is 0 Å². The Hall–Kier alpha value is -2.14. The lowest BCUT2D eigenvalue weighted by Crippen LogP contribution is -2.29. The first-order chi connectivity index (χ1) is 11.5. The zero-order valence-electron chi connectivity index (χ0n) is 13.7. The minimum Gasteiger partial charge on any atom is -0.325 e. The summed E-state index contributed by atoms with van der Waals surface area (Å²) in [7, 11) is 0. The van der Waals surface area contributed by atoms with Gasteiger partial charge in [0.15, 0.2) is 0 Å².